The number of ether oxygens (including phenoxy) is 2. The number of hydrogen-bond acceptors (Lipinski definition) is 4. The van der Waals surface area contributed by atoms with Gasteiger partial charge in [0, 0.05) is 17.7 Å². The van der Waals surface area contributed by atoms with Crippen LogP contribution in [-0.2, 0) is 0 Å². The molecule has 1 aromatic carbocycles. The predicted molar refractivity (Wildman–Crippen MR) is 71.1 cm³/mol. The Labute approximate surface area is 115 Å². The van der Waals surface area contributed by atoms with E-state index in [1.807, 2.05) is 0 Å². The highest BCUT2D eigenvalue weighted by atomic mass is 16.7. The molecule has 6 nitrogen and oxygen atoms in total. The number of aromatic nitrogens is 2. The number of carbonyl (C=O) groups excluding carboxylic acids is 1. The van der Waals surface area contributed by atoms with Crippen molar-refractivity contribution < 1.29 is 14.3 Å². The Morgan fingerprint density at radius 1 is 1.30 bits per heavy atom. The summed E-state index contributed by atoms with van der Waals surface area (Å²) in [7, 11) is 0. The second-order valence-electron chi connectivity index (χ2n) is 4.99. The van der Waals surface area contributed by atoms with E-state index in [2.05, 4.69) is 15.5 Å². The van der Waals surface area contributed by atoms with Crippen LogP contribution in [0.15, 0.2) is 24.4 Å². The topological polar surface area (TPSA) is 76.2 Å². The molecule has 0 radical (unpaired) electrons. The zero-order valence-corrected chi connectivity index (χ0v) is 10.7. The van der Waals surface area contributed by atoms with E-state index in [1.165, 1.54) is 0 Å². The molecule has 1 aliphatic heterocycles. The maximum atomic E-state index is 12.3. The van der Waals surface area contributed by atoms with Gasteiger partial charge in [-0.15, -0.1) is 0 Å². The molecule has 6 heteroatoms. The van der Waals surface area contributed by atoms with E-state index in [1.54, 1.807) is 24.4 Å². The van der Waals surface area contributed by atoms with Crippen molar-refractivity contribution in [1.29, 1.82) is 0 Å². The van der Waals surface area contributed by atoms with Crippen molar-refractivity contribution in [3.05, 3.63) is 35.7 Å². The summed E-state index contributed by atoms with van der Waals surface area (Å²) in [5, 5.41) is 9.76. The molecule has 0 atom stereocenters. The number of nitrogens with one attached hydrogen (secondary N) is 2. The standard InChI is InChI=1S/C14H13N3O3/c18-14(10-6-15-17-13(10)8-1-2-8)16-9-3-4-11-12(5-9)20-7-19-11/h3-6,8H,1-2,7H2,(H,15,17)(H,16,18). The van der Waals surface area contributed by atoms with Gasteiger partial charge in [0.15, 0.2) is 11.5 Å². The summed E-state index contributed by atoms with van der Waals surface area (Å²) in [5.41, 5.74) is 2.23. The normalized spacial score (nSPS) is 16.2. The van der Waals surface area contributed by atoms with Crippen molar-refractivity contribution >= 4 is 11.6 Å². The van der Waals surface area contributed by atoms with Gasteiger partial charge in [0.05, 0.1) is 17.5 Å². The molecule has 102 valence electrons. The van der Waals surface area contributed by atoms with Crippen molar-refractivity contribution in [1.82, 2.24) is 10.2 Å². The smallest absolute Gasteiger partial charge is 0.259 e. The maximum absolute atomic E-state index is 12.3. The van der Waals surface area contributed by atoms with Gasteiger partial charge >= 0.3 is 0 Å². The van der Waals surface area contributed by atoms with Crippen LogP contribution in [0.3, 0.4) is 0 Å². The summed E-state index contributed by atoms with van der Waals surface area (Å²) >= 11 is 0. The van der Waals surface area contributed by atoms with Gasteiger partial charge in [0.1, 0.15) is 0 Å². The number of hydrogen-bond donors (Lipinski definition) is 2. The highest BCUT2D eigenvalue weighted by molar-refractivity contribution is 6.05. The quantitative estimate of drug-likeness (QED) is 0.897. The SMILES string of the molecule is O=C(Nc1ccc2c(c1)OCO2)c1cn[nH]c1C1CC1. The summed E-state index contributed by atoms with van der Waals surface area (Å²) in [6, 6.07) is 5.34. The lowest BCUT2D eigenvalue weighted by Crippen LogP contribution is -2.13. The van der Waals surface area contributed by atoms with Crippen molar-refractivity contribution in [3.8, 4) is 11.5 Å². The minimum atomic E-state index is -0.153. The molecule has 0 bridgehead atoms. The van der Waals surface area contributed by atoms with Gasteiger partial charge in [-0.05, 0) is 25.0 Å². The van der Waals surface area contributed by atoms with E-state index in [4.69, 9.17) is 9.47 Å². The van der Waals surface area contributed by atoms with Crippen LogP contribution in [0.5, 0.6) is 11.5 Å². The van der Waals surface area contributed by atoms with Crippen LogP contribution in [-0.4, -0.2) is 22.9 Å². The van der Waals surface area contributed by atoms with Crippen LogP contribution in [0.4, 0.5) is 5.69 Å². The fourth-order valence-corrected chi connectivity index (χ4v) is 2.33. The fraction of sp³-hybridized carbons (Fsp3) is 0.286. The lowest BCUT2D eigenvalue weighted by molar-refractivity contribution is 0.102. The van der Waals surface area contributed by atoms with Crippen molar-refractivity contribution in [2.24, 2.45) is 0 Å². The van der Waals surface area contributed by atoms with Crippen LogP contribution in [0.25, 0.3) is 0 Å². The summed E-state index contributed by atoms with van der Waals surface area (Å²) in [6.45, 7) is 0.223. The first-order chi connectivity index (χ1) is 9.81. The highest BCUT2D eigenvalue weighted by Crippen LogP contribution is 2.40. The molecular weight excluding hydrogens is 258 g/mol. The molecule has 2 aromatic rings. The third-order valence-corrected chi connectivity index (χ3v) is 3.53. The number of fused-ring (bicyclic) bond motifs is 1. The monoisotopic (exact) mass is 271 g/mol. The van der Waals surface area contributed by atoms with Crippen molar-refractivity contribution in [2.45, 2.75) is 18.8 Å². The number of amides is 1. The summed E-state index contributed by atoms with van der Waals surface area (Å²) < 4.78 is 10.5. The number of H-pyrrole nitrogens is 1. The molecule has 2 heterocycles. The van der Waals surface area contributed by atoms with E-state index in [0.717, 1.165) is 18.5 Å². The van der Waals surface area contributed by atoms with Gasteiger partial charge in [-0.25, -0.2) is 0 Å². The Bertz CT molecular complexity index is 676. The third kappa shape index (κ3) is 1.89. The molecular formula is C14H13N3O3. The van der Waals surface area contributed by atoms with Crippen molar-refractivity contribution in [2.75, 3.05) is 12.1 Å². The number of nitrogens with zero attached hydrogens (tertiary/aromatic N) is 1. The molecule has 0 unspecified atom stereocenters. The summed E-state index contributed by atoms with van der Waals surface area (Å²) in [4.78, 5) is 12.3. The number of benzene rings is 1. The van der Waals surface area contributed by atoms with E-state index < -0.39 is 0 Å². The number of carbonyl (C=O) groups is 1. The second-order valence-corrected chi connectivity index (χ2v) is 4.99. The summed E-state index contributed by atoms with van der Waals surface area (Å²) in [5.74, 6) is 1.65. The maximum Gasteiger partial charge on any atom is 0.259 e. The summed E-state index contributed by atoms with van der Waals surface area (Å²) in [6.07, 6.45) is 3.81. The number of rotatable bonds is 3. The largest absolute Gasteiger partial charge is 0.454 e. The predicted octanol–water partition coefficient (Wildman–Crippen LogP) is 2.27. The van der Waals surface area contributed by atoms with E-state index in [-0.39, 0.29) is 12.7 Å². The Morgan fingerprint density at radius 2 is 2.15 bits per heavy atom. The van der Waals surface area contributed by atoms with Crippen LogP contribution in [0.1, 0.15) is 34.8 Å². The Hall–Kier alpha value is -2.50. The molecule has 1 aromatic heterocycles. The van der Waals surface area contributed by atoms with Gasteiger partial charge in [0.2, 0.25) is 6.79 Å². The minimum Gasteiger partial charge on any atom is -0.454 e. The van der Waals surface area contributed by atoms with E-state index in [0.29, 0.717) is 28.7 Å². The van der Waals surface area contributed by atoms with Gasteiger partial charge in [0.25, 0.3) is 5.91 Å². The molecule has 1 amide bonds. The van der Waals surface area contributed by atoms with Gasteiger partial charge in [-0.3, -0.25) is 9.89 Å². The van der Waals surface area contributed by atoms with Gasteiger partial charge in [-0.2, -0.15) is 5.10 Å². The highest BCUT2D eigenvalue weighted by Gasteiger charge is 2.30. The minimum absolute atomic E-state index is 0.153. The molecule has 1 saturated carbocycles. The van der Waals surface area contributed by atoms with Crippen LogP contribution < -0.4 is 14.8 Å². The molecule has 20 heavy (non-hydrogen) atoms. The second kappa shape index (κ2) is 4.26. The lowest BCUT2D eigenvalue weighted by Gasteiger charge is -2.06. The van der Waals surface area contributed by atoms with Crippen LogP contribution in [0.2, 0.25) is 0 Å². The Morgan fingerprint density at radius 3 is 3.00 bits per heavy atom. The zero-order chi connectivity index (χ0) is 13.5. The molecule has 2 aliphatic rings. The third-order valence-electron chi connectivity index (χ3n) is 3.53. The molecule has 4 rings (SSSR count). The van der Waals surface area contributed by atoms with Gasteiger partial charge < -0.3 is 14.8 Å². The van der Waals surface area contributed by atoms with E-state index in [9.17, 15) is 4.79 Å². The van der Waals surface area contributed by atoms with Crippen LogP contribution >= 0.6 is 0 Å². The zero-order valence-electron chi connectivity index (χ0n) is 10.7. The van der Waals surface area contributed by atoms with Crippen molar-refractivity contribution in [3.63, 3.8) is 0 Å². The first-order valence-corrected chi connectivity index (χ1v) is 6.55. The van der Waals surface area contributed by atoms with E-state index >= 15 is 0 Å². The fourth-order valence-electron chi connectivity index (χ4n) is 2.33. The number of anilines is 1. The Kier molecular flexibility index (Phi) is 2.42. The molecule has 1 fully saturated rings. The molecule has 1 aliphatic carbocycles. The van der Waals surface area contributed by atoms with Gasteiger partial charge in [-0.1, -0.05) is 0 Å². The average Bonchev–Trinajstić information content (AvgIpc) is 3.01. The Balaban J connectivity index is 1.56. The first kappa shape index (κ1) is 11.3. The number of aromatic amines is 1. The first-order valence-electron chi connectivity index (χ1n) is 6.55. The molecule has 2 N–H and O–H groups in total. The lowest BCUT2D eigenvalue weighted by atomic mass is 10.1. The average molecular weight is 271 g/mol. The molecule has 0 spiro atoms. The van der Waals surface area contributed by atoms with Crippen LogP contribution in [0, 0.1) is 0 Å². The molecule has 0 saturated heterocycles.